The monoisotopic (exact) mass is 518 g/mol. The highest BCUT2D eigenvalue weighted by atomic mass is 16.4. The minimum absolute atomic E-state index is 0.317. The number of hydrogen-bond donors (Lipinski definition) is 1. The van der Waals surface area contributed by atoms with Gasteiger partial charge >= 0.3 is 0 Å². The zero-order valence-corrected chi connectivity index (χ0v) is 21.6. The molecule has 7 rings (SSSR count). The molecule has 2 aliphatic rings. The zero-order chi connectivity index (χ0) is 26.0. The second kappa shape index (κ2) is 10.3. The number of aromatic nitrogens is 6. The van der Waals surface area contributed by atoms with Crippen molar-refractivity contribution < 1.29 is 4.42 Å². The van der Waals surface area contributed by atoms with Crippen molar-refractivity contribution in [1.29, 1.82) is 0 Å². The van der Waals surface area contributed by atoms with E-state index in [1.54, 1.807) is 18.6 Å². The number of hydrogen-bond acceptors (Lipinski definition) is 8. The third-order valence-corrected chi connectivity index (χ3v) is 7.82. The largest absolute Gasteiger partial charge is 0.420 e. The molecule has 9 heteroatoms. The molecule has 1 saturated heterocycles. The number of nitrogens with zero attached hydrogens (tertiary/aromatic N) is 7. The molecule has 3 aromatic heterocycles. The van der Waals surface area contributed by atoms with Crippen LogP contribution in [0, 0.1) is 0 Å². The summed E-state index contributed by atoms with van der Waals surface area (Å²) in [5.41, 5.74) is 6.00. The van der Waals surface area contributed by atoms with E-state index in [-0.39, 0.29) is 0 Å². The van der Waals surface area contributed by atoms with E-state index < -0.39 is 0 Å². The molecule has 0 atom stereocenters. The summed E-state index contributed by atoms with van der Waals surface area (Å²) in [6.45, 7) is 2.52. The zero-order valence-electron chi connectivity index (χ0n) is 21.6. The highest BCUT2D eigenvalue weighted by Gasteiger charge is 2.26. The summed E-state index contributed by atoms with van der Waals surface area (Å²) in [7, 11) is 0. The summed E-state index contributed by atoms with van der Waals surface area (Å²) >= 11 is 0. The first-order valence-corrected chi connectivity index (χ1v) is 13.6. The number of oxazole rings is 1. The maximum absolute atomic E-state index is 6.14. The van der Waals surface area contributed by atoms with Crippen LogP contribution in [0.1, 0.15) is 41.1 Å². The van der Waals surface area contributed by atoms with Gasteiger partial charge in [0.2, 0.25) is 17.7 Å². The molecule has 9 nitrogen and oxygen atoms in total. The van der Waals surface area contributed by atoms with Gasteiger partial charge in [0, 0.05) is 37.4 Å². The Kier molecular flexibility index (Phi) is 6.24. The summed E-state index contributed by atoms with van der Waals surface area (Å²) in [6.07, 6.45) is 11.3. The molecule has 1 aliphatic heterocycles. The molecule has 5 aromatic rings. The fourth-order valence-corrected chi connectivity index (χ4v) is 5.76. The Morgan fingerprint density at radius 1 is 0.821 bits per heavy atom. The molecule has 4 heterocycles. The Hall–Kier alpha value is -4.53. The van der Waals surface area contributed by atoms with Gasteiger partial charge in [-0.15, -0.1) is 5.10 Å². The number of fused-ring (bicyclic) bond motifs is 1. The minimum Gasteiger partial charge on any atom is -0.420 e. The third-order valence-electron chi connectivity index (χ3n) is 7.82. The summed E-state index contributed by atoms with van der Waals surface area (Å²) in [5.74, 6) is 2.37. The number of piperidine rings is 1. The SMILES string of the molecule is c1ccc(Cn2nncc2C2CCN(c3cnc(-c4cnc(NC5Cc6ccccc6C5)nc4)o3)CC2)cc1. The normalized spacial score (nSPS) is 15.9. The lowest BCUT2D eigenvalue weighted by molar-refractivity contribution is 0.445. The van der Waals surface area contributed by atoms with Gasteiger partial charge in [0.15, 0.2) is 0 Å². The molecule has 0 unspecified atom stereocenters. The highest BCUT2D eigenvalue weighted by Crippen LogP contribution is 2.32. The minimum atomic E-state index is 0.317. The van der Waals surface area contributed by atoms with Crippen molar-refractivity contribution in [2.75, 3.05) is 23.3 Å². The Morgan fingerprint density at radius 3 is 2.28 bits per heavy atom. The van der Waals surface area contributed by atoms with E-state index in [4.69, 9.17) is 4.42 Å². The molecular formula is C30H30N8O. The quantitative estimate of drug-likeness (QED) is 0.330. The smallest absolute Gasteiger partial charge is 0.231 e. The van der Waals surface area contributed by atoms with Crippen LogP contribution in [-0.2, 0) is 19.4 Å². The topological polar surface area (TPSA) is 97.8 Å². The molecule has 196 valence electrons. The summed E-state index contributed by atoms with van der Waals surface area (Å²) in [4.78, 5) is 15.8. The van der Waals surface area contributed by atoms with Crippen molar-refractivity contribution in [2.24, 2.45) is 0 Å². The van der Waals surface area contributed by atoms with Crippen molar-refractivity contribution in [3.8, 4) is 11.5 Å². The molecule has 0 bridgehead atoms. The predicted molar refractivity (Wildman–Crippen MR) is 149 cm³/mol. The summed E-state index contributed by atoms with van der Waals surface area (Å²) in [6, 6.07) is 19.3. The highest BCUT2D eigenvalue weighted by molar-refractivity contribution is 5.54. The van der Waals surface area contributed by atoms with Crippen LogP contribution in [0.15, 0.2) is 83.8 Å². The van der Waals surface area contributed by atoms with Gasteiger partial charge in [-0.1, -0.05) is 59.8 Å². The first-order chi connectivity index (χ1) is 19.3. The molecule has 1 aliphatic carbocycles. The number of rotatable bonds is 7. The van der Waals surface area contributed by atoms with Crippen LogP contribution in [0.5, 0.6) is 0 Å². The van der Waals surface area contributed by atoms with Gasteiger partial charge < -0.3 is 14.6 Å². The van der Waals surface area contributed by atoms with Gasteiger partial charge in [0.25, 0.3) is 0 Å². The van der Waals surface area contributed by atoms with Gasteiger partial charge in [-0.05, 0) is 42.4 Å². The van der Waals surface area contributed by atoms with E-state index in [0.717, 1.165) is 56.8 Å². The Balaban J connectivity index is 0.956. The maximum Gasteiger partial charge on any atom is 0.231 e. The molecule has 39 heavy (non-hydrogen) atoms. The Morgan fingerprint density at radius 2 is 1.54 bits per heavy atom. The van der Waals surface area contributed by atoms with E-state index in [1.807, 2.05) is 16.9 Å². The van der Waals surface area contributed by atoms with Gasteiger partial charge in [-0.25, -0.2) is 19.6 Å². The lowest BCUT2D eigenvalue weighted by Gasteiger charge is -2.31. The Labute approximate surface area is 226 Å². The molecule has 0 amide bonds. The Bertz CT molecular complexity index is 1510. The maximum atomic E-state index is 6.14. The van der Waals surface area contributed by atoms with Gasteiger partial charge in [0.05, 0.1) is 30.2 Å². The standard InChI is InChI=1S/C30H30N8O/c1-2-6-21(7-3-1)20-38-27(18-34-36-38)22-10-12-37(13-11-22)28-19-31-29(39-28)25-16-32-30(33-17-25)35-26-14-23-8-4-5-9-24(23)15-26/h1-9,16-19,22,26H,10-15,20H2,(H,32,33,35). The molecule has 0 saturated carbocycles. The van der Waals surface area contributed by atoms with Crippen LogP contribution in [-0.4, -0.2) is 49.1 Å². The molecule has 0 spiro atoms. The van der Waals surface area contributed by atoms with E-state index in [1.165, 1.54) is 22.4 Å². The lowest BCUT2D eigenvalue weighted by Crippen LogP contribution is -2.33. The second-order valence-electron chi connectivity index (χ2n) is 10.4. The van der Waals surface area contributed by atoms with E-state index >= 15 is 0 Å². The average molecular weight is 519 g/mol. The van der Waals surface area contributed by atoms with Crippen LogP contribution < -0.4 is 10.2 Å². The van der Waals surface area contributed by atoms with Crippen molar-refractivity contribution in [3.63, 3.8) is 0 Å². The van der Waals surface area contributed by atoms with Crippen LogP contribution >= 0.6 is 0 Å². The molecule has 0 radical (unpaired) electrons. The van der Waals surface area contributed by atoms with Gasteiger partial charge in [-0.2, -0.15) is 0 Å². The number of anilines is 2. The van der Waals surface area contributed by atoms with Crippen molar-refractivity contribution in [1.82, 2.24) is 29.9 Å². The second-order valence-corrected chi connectivity index (χ2v) is 10.4. The molecule has 2 aromatic carbocycles. The summed E-state index contributed by atoms with van der Waals surface area (Å²) < 4.78 is 8.17. The van der Waals surface area contributed by atoms with Crippen molar-refractivity contribution >= 4 is 11.8 Å². The van der Waals surface area contributed by atoms with E-state index in [9.17, 15) is 0 Å². The van der Waals surface area contributed by atoms with Gasteiger partial charge in [0.1, 0.15) is 0 Å². The number of nitrogens with one attached hydrogen (secondary N) is 1. The molecule has 1 fully saturated rings. The van der Waals surface area contributed by atoms with Crippen molar-refractivity contribution in [2.45, 2.75) is 44.2 Å². The fraction of sp³-hybridized carbons (Fsp3) is 0.300. The average Bonchev–Trinajstić information content (AvgIpc) is 3.74. The van der Waals surface area contributed by atoms with Crippen LogP contribution in [0.3, 0.4) is 0 Å². The van der Waals surface area contributed by atoms with Crippen LogP contribution in [0.4, 0.5) is 11.8 Å². The van der Waals surface area contributed by atoms with Crippen LogP contribution in [0.2, 0.25) is 0 Å². The third kappa shape index (κ3) is 4.99. The van der Waals surface area contributed by atoms with E-state index in [2.05, 4.69) is 84.0 Å². The fourth-order valence-electron chi connectivity index (χ4n) is 5.76. The number of benzene rings is 2. The predicted octanol–water partition coefficient (Wildman–Crippen LogP) is 4.73. The van der Waals surface area contributed by atoms with Crippen LogP contribution in [0.25, 0.3) is 11.5 Å². The lowest BCUT2D eigenvalue weighted by atomic mass is 9.94. The van der Waals surface area contributed by atoms with Crippen molar-refractivity contribution in [3.05, 3.63) is 102 Å². The summed E-state index contributed by atoms with van der Waals surface area (Å²) in [5, 5.41) is 12.0. The molecular weight excluding hydrogens is 488 g/mol. The molecule has 1 N–H and O–H groups in total. The van der Waals surface area contributed by atoms with E-state index in [0.29, 0.717) is 23.8 Å². The first-order valence-electron chi connectivity index (χ1n) is 13.6. The first kappa shape index (κ1) is 23.6. The van der Waals surface area contributed by atoms with Gasteiger partial charge in [-0.3, -0.25) is 0 Å².